The molecule has 222 valence electrons. The lowest BCUT2D eigenvalue weighted by Crippen LogP contribution is -2.44. The number of phenols is 1. The van der Waals surface area contributed by atoms with E-state index in [2.05, 4.69) is 75.7 Å². The summed E-state index contributed by atoms with van der Waals surface area (Å²) in [5.74, 6) is 0.131. The summed E-state index contributed by atoms with van der Waals surface area (Å²) in [4.78, 5) is 12.4. The maximum Gasteiger partial charge on any atom is 0.224 e. The number of aliphatic hydroxyl groups excluding tert-OH is 1. The monoisotopic (exact) mass is 576 g/mol. The van der Waals surface area contributed by atoms with E-state index in [-0.39, 0.29) is 35.4 Å². The zero-order valence-corrected chi connectivity index (χ0v) is 26.5. The molecular weight excluding hydrogens is 528 g/mol. The first-order chi connectivity index (χ1) is 19.4. The predicted octanol–water partition coefficient (Wildman–Crippen LogP) is 6.07. The fourth-order valence-electron chi connectivity index (χ4n) is 4.46. The number of rotatable bonds is 14. The summed E-state index contributed by atoms with van der Waals surface area (Å²) in [5.41, 5.74) is 4.87. The molecular formula is C34H48N2O4Si. The first-order valence-corrected chi connectivity index (χ1v) is 17.5. The third-order valence-electron chi connectivity index (χ3n) is 8.05. The Morgan fingerprint density at radius 3 is 2.24 bits per heavy atom. The van der Waals surface area contributed by atoms with Gasteiger partial charge in [-0.3, -0.25) is 4.79 Å². The van der Waals surface area contributed by atoms with Crippen molar-refractivity contribution >= 4 is 14.2 Å². The molecule has 41 heavy (non-hydrogen) atoms. The van der Waals surface area contributed by atoms with E-state index < -0.39 is 8.32 Å². The third kappa shape index (κ3) is 10.1. The van der Waals surface area contributed by atoms with Gasteiger partial charge in [0.2, 0.25) is 5.91 Å². The summed E-state index contributed by atoms with van der Waals surface area (Å²) >= 11 is 0. The number of aliphatic hydroxyl groups is 1. The number of nitrogens with one attached hydrogen (secondary N) is 2. The summed E-state index contributed by atoms with van der Waals surface area (Å²) in [7, 11) is -2.08. The first kappa shape index (κ1) is 32.5. The zero-order chi connectivity index (χ0) is 30.0. The number of hydrogen-bond donors (Lipinski definition) is 4. The minimum absolute atomic E-state index is 0.0371. The van der Waals surface area contributed by atoms with Crippen LogP contribution in [0.2, 0.25) is 18.1 Å². The fraction of sp³-hybridized carbons (Fsp3) is 0.441. The SMILES string of the molecule is C[C@H](Cc1ccc(CC(=O)NCCc2ccccc2)cc1)NC[C@H](O[Si](C)(C)C(C)(C)C)c1ccc(O)c(CO)c1. The number of aromatic hydroxyl groups is 1. The van der Waals surface area contributed by atoms with Crippen LogP contribution in [0.3, 0.4) is 0 Å². The van der Waals surface area contributed by atoms with Gasteiger partial charge in [0, 0.05) is 24.7 Å². The minimum Gasteiger partial charge on any atom is -0.508 e. The van der Waals surface area contributed by atoms with Crippen LogP contribution in [0.4, 0.5) is 0 Å². The van der Waals surface area contributed by atoms with Gasteiger partial charge in [-0.15, -0.1) is 0 Å². The average Bonchev–Trinajstić information content (AvgIpc) is 2.92. The molecule has 0 saturated carbocycles. The number of carbonyl (C=O) groups is 1. The maximum atomic E-state index is 12.4. The van der Waals surface area contributed by atoms with E-state index in [0.29, 0.717) is 25.1 Å². The van der Waals surface area contributed by atoms with E-state index in [4.69, 9.17) is 4.43 Å². The Morgan fingerprint density at radius 1 is 0.951 bits per heavy atom. The highest BCUT2D eigenvalue weighted by molar-refractivity contribution is 6.74. The molecule has 2 atom stereocenters. The molecule has 0 unspecified atom stereocenters. The molecule has 0 bridgehead atoms. The van der Waals surface area contributed by atoms with E-state index in [1.807, 2.05) is 42.5 Å². The first-order valence-electron chi connectivity index (χ1n) is 14.6. The van der Waals surface area contributed by atoms with E-state index in [9.17, 15) is 15.0 Å². The zero-order valence-electron chi connectivity index (χ0n) is 25.5. The van der Waals surface area contributed by atoms with Crippen molar-refractivity contribution in [2.24, 2.45) is 0 Å². The van der Waals surface area contributed by atoms with Gasteiger partial charge in [0.1, 0.15) is 5.75 Å². The number of benzene rings is 3. The molecule has 3 aromatic carbocycles. The van der Waals surface area contributed by atoms with Gasteiger partial charge < -0.3 is 25.3 Å². The van der Waals surface area contributed by atoms with Crippen LogP contribution in [0.25, 0.3) is 0 Å². The molecule has 7 heteroatoms. The molecule has 0 aromatic heterocycles. The van der Waals surface area contributed by atoms with Gasteiger partial charge in [-0.1, -0.05) is 81.4 Å². The summed E-state index contributed by atoms with van der Waals surface area (Å²) in [6.45, 7) is 14.3. The molecule has 1 amide bonds. The van der Waals surface area contributed by atoms with Gasteiger partial charge in [-0.05, 0) is 72.3 Å². The van der Waals surface area contributed by atoms with Gasteiger partial charge in [-0.25, -0.2) is 0 Å². The molecule has 3 rings (SSSR count). The standard InChI is InChI=1S/C34H48N2O4Si/c1-25(20-27-12-14-28(15-13-27)21-33(39)35-19-18-26-10-8-7-9-11-26)36-23-32(40-41(5,6)34(2,3)4)29-16-17-31(38)30(22-29)24-37/h7-17,22,25,32,36-38H,18-21,23-24H2,1-6H3,(H,35,39)/t25-,32+/m1/s1. The summed E-state index contributed by atoms with van der Waals surface area (Å²) in [6, 6.07) is 24.0. The van der Waals surface area contributed by atoms with Crippen molar-refractivity contribution in [2.45, 2.75) is 83.8 Å². The second-order valence-electron chi connectivity index (χ2n) is 12.5. The normalized spacial score (nSPS) is 13.5. The molecule has 0 fully saturated rings. The van der Waals surface area contributed by atoms with Crippen LogP contribution in [0.15, 0.2) is 72.8 Å². The predicted molar refractivity (Wildman–Crippen MR) is 170 cm³/mol. The number of carbonyl (C=O) groups excluding carboxylic acids is 1. The Kier molecular flexibility index (Phi) is 11.7. The van der Waals surface area contributed by atoms with Crippen molar-refractivity contribution in [2.75, 3.05) is 13.1 Å². The Morgan fingerprint density at radius 2 is 1.61 bits per heavy atom. The fourth-order valence-corrected chi connectivity index (χ4v) is 5.74. The van der Waals surface area contributed by atoms with Crippen LogP contribution in [0.1, 0.15) is 61.6 Å². The molecule has 0 aliphatic heterocycles. The van der Waals surface area contributed by atoms with Crippen molar-refractivity contribution in [1.82, 2.24) is 10.6 Å². The van der Waals surface area contributed by atoms with Gasteiger partial charge in [0.05, 0.1) is 19.1 Å². The quantitative estimate of drug-likeness (QED) is 0.175. The van der Waals surface area contributed by atoms with Crippen molar-refractivity contribution in [3.05, 3.63) is 101 Å². The lowest BCUT2D eigenvalue weighted by Gasteiger charge is -2.40. The van der Waals surface area contributed by atoms with E-state index in [0.717, 1.165) is 24.0 Å². The van der Waals surface area contributed by atoms with Crippen molar-refractivity contribution in [3.63, 3.8) is 0 Å². The van der Waals surface area contributed by atoms with Crippen LogP contribution >= 0.6 is 0 Å². The lowest BCUT2D eigenvalue weighted by molar-refractivity contribution is -0.120. The smallest absolute Gasteiger partial charge is 0.224 e. The highest BCUT2D eigenvalue weighted by Gasteiger charge is 2.39. The molecule has 0 radical (unpaired) electrons. The molecule has 0 saturated heterocycles. The van der Waals surface area contributed by atoms with Crippen LogP contribution in [0, 0.1) is 0 Å². The van der Waals surface area contributed by atoms with Crippen molar-refractivity contribution < 1.29 is 19.4 Å². The van der Waals surface area contributed by atoms with E-state index in [1.165, 1.54) is 11.1 Å². The molecule has 0 heterocycles. The Bertz CT molecular complexity index is 1240. The second-order valence-corrected chi connectivity index (χ2v) is 17.3. The molecule has 0 aliphatic carbocycles. The third-order valence-corrected chi connectivity index (χ3v) is 12.5. The molecule has 3 aromatic rings. The highest BCUT2D eigenvalue weighted by Crippen LogP contribution is 2.40. The second kappa shape index (κ2) is 14.8. The van der Waals surface area contributed by atoms with Crippen LogP contribution in [0.5, 0.6) is 5.75 Å². The molecule has 4 N–H and O–H groups in total. The Labute approximate surface area is 247 Å². The van der Waals surface area contributed by atoms with Crippen molar-refractivity contribution in [1.29, 1.82) is 0 Å². The Hall–Kier alpha value is -2.97. The van der Waals surface area contributed by atoms with Crippen LogP contribution in [-0.4, -0.2) is 43.6 Å². The van der Waals surface area contributed by atoms with Crippen molar-refractivity contribution in [3.8, 4) is 5.75 Å². The molecule has 0 spiro atoms. The summed E-state index contributed by atoms with van der Waals surface area (Å²) in [5, 5.41) is 26.5. The molecule has 6 nitrogen and oxygen atoms in total. The lowest BCUT2D eigenvalue weighted by atomic mass is 10.0. The highest BCUT2D eigenvalue weighted by atomic mass is 28.4. The van der Waals surface area contributed by atoms with Crippen LogP contribution < -0.4 is 10.6 Å². The van der Waals surface area contributed by atoms with E-state index >= 15 is 0 Å². The minimum atomic E-state index is -2.08. The van der Waals surface area contributed by atoms with E-state index in [1.54, 1.807) is 6.07 Å². The largest absolute Gasteiger partial charge is 0.508 e. The Balaban J connectivity index is 1.55. The number of amides is 1. The van der Waals surface area contributed by atoms with Crippen LogP contribution in [-0.2, 0) is 35.1 Å². The van der Waals surface area contributed by atoms with Gasteiger partial charge >= 0.3 is 0 Å². The summed E-state index contributed by atoms with van der Waals surface area (Å²) < 4.78 is 6.81. The van der Waals surface area contributed by atoms with Gasteiger partial charge in [0.25, 0.3) is 0 Å². The average molecular weight is 577 g/mol. The topological polar surface area (TPSA) is 90.8 Å². The summed E-state index contributed by atoms with van der Waals surface area (Å²) in [6.07, 6.45) is 1.84. The maximum absolute atomic E-state index is 12.4. The number of hydrogen-bond acceptors (Lipinski definition) is 5. The van der Waals surface area contributed by atoms with Gasteiger partial charge in [-0.2, -0.15) is 0 Å². The molecule has 0 aliphatic rings. The van der Waals surface area contributed by atoms with Gasteiger partial charge in [0.15, 0.2) is 8.32 Å².